The monoisotopic (exact) mass is 486 g/mol. The number of pyridine rings is 1. The fraction of sp³-hybridized carbons (Fsp3) is 0.333. The highest BCUT2D eigenvalue weighted by Gasteiger charge is 2.17. The first kappa shape index (κ1) is 23.4. The molecule has 0 aliphatic carbocycles. The lowest BCUT2D eigenvalue weighted by Crippen LogP contribution is -2.37. The van der Waals surface area contributed by atoms with Gasteiger partial charge in [-0.2, -0.15) is 0 Å². The molecular weight excluding hydrogens is 460 g/mol. The van der Waals surface area contributed by atoms with E-state index in [-0.39, 0.29) is 5.56 Å². The van der Waals surface area contributed by atoms with Crippen molar-refractivity contribution in [3.05, 3.63) is 63.4 Å². The van der Waals surface area contributed by atoms with E-state index in [4.69, 9.17) is 33.3 Å². The molecule has 1 aromatic heterocycles. The van der Waals surface area contributed by atoms with Crippen LogP contribution in [0.5, 0.6) is 11.5 Å². The summed E-state index contributed by atoms with van der Waals surface area (Å²) in [6.07, 6.45) is 0.897. The molecule has 0 spiro atoms. The maximum Gasteiger partial charge on any atom is 0.253 e. The number of H-pyrrole nitrogens is 1. The Labute approximate surface area is 203 Å². The summed E-state index contributed by atoms with van der Waals surface area (Å²) in [7, 11) is 4.07. The molecule has 2 N–H and O–H groups in total. The van der Waals surface area contributed by atoms with Gasteiger partial charge in [0.25, 0.3) is 5.56 Å². The normalized spacial score (nSPS) is 12.7. The predicted octanol–water partition coefficient (Wildman–Crippen LogP) is 4.10. The second kappa shape index (κ2) is 10.4. The Bertz CT molecular complexity index is 1210. The van der Waals surface area contributed by atoms with Gasteiger partial charge in [-0.05, 0) is 69.6 Å². The molecule has 3 aromatic rings. The number of rotatable bonds is 7. The lowest BCUT2D eigenvalue weighted by molar-refractivity contribution is 0.172. The number of nitrogens with one attached hydrogen (secondary N) is 2. The largest absolute Gasteiger partial charge is 0.486 e. The summed E-state index contributed by atoms with van der Waals surface area (Å²) in [5.41, 5.74) is 2.00. The Kier molecular flexibility index (Phi) is 7.37. The third kappa shape index (κ3) is 5.96. The molecule has 0 saturated heterocycles. The number of halogens is 1. The number of aromatic amines is 1. The lowest BCUT2D eigenvalue weighted by atomic mass is 10.1. The van der Waals surface area contributed by atoms with Crippen molar-refractivity contribution in [2.45, 2.75) is 13.0 Å². The summed E-state index contributed by atoms with van der Waals surface area (Å²) in [4.78, 5) is 20.0. The highest BCUT2D eigenvalue weighted by molar-refractivity contribution is 7.80. The Morgan fingerprint density at radius 2 is 1.88 bits per heavy atom. The number of fused-ring (bicyclic) bond motifs is 2. The van der Waals surface area contributed by atoms with Crippen molar-refractivity contribution in [1.82, 2.24) is 14.8 Å². The van der Waals surface area contributed by atoms with Gasteiger partial charge in [0.2, 0.25) is 0 Å². The van der Waals surface area contributed by atoms with Gasteiger partial charge < -0.3 is 29.6 Å². The zero-order valence-electron chi connectivity index (χ0n) is 18.7. The van der Waals surface area contributed by atoms with Crippen LogP contribution in [-0.2, 0) is 6.54 Å². The highest BCUT2D eigenvalue weighted by Crippen LogP contribution is 2.33. The van der Waals surface area contributed by atoms with Crippen molar-refractivity contribution in [3.63, 3.8) is 0 Å². The Morgan fingerprint density at radius 1 is 1.12 bits per heavy atom. The van der Waals surface area contributed by atoms with Gasteiger partial charge in [-0.3, -0.25) is 4.79 Å². The van der Waals surface area contributed by atoms with E-state index in [9.17, 15) is 4.79 Å². The summed E-state index contributed by atoms with van der Waals surface area (Å²) in [5, 5.41) is 5.30. The van der Waals surface area contributed by atoms with Crippen LogP contribution in [0.4, 0.5) is 5.69 Å². The van der Waals surface area contributed by atoms with Crippen molar-refractivity contribution in [2.75, 3.05) is 45.7 Å². The van der Waals surface area contributed by atoms with Crippen molar-refractivity contribution in [3.8, 4) is 11.5 Å². The zero-order valence-corrected chi connectivity index (χ0v) is 20.3. The van der Waals surface area contributed by atoms with E-state index in [0.717, 1.165) is 24.0 Å². The molecule has 0 bridgehead atoms. The highest BCUT2D eigenvalue weighted by atomic mass is 35.5. The summed E-state index contributed by atoms with van der Waals surface area (Å²) < 4.78 is 11.3. The molecule has 2 aromatic carbocycles. The van der Waals surface area contributed by atoms with E-state index in [1.165, 1.54) is 0 Å². The molecule has 2 heterocycles. The molecule has 4 rings (SSSR count). The van der Waals surface area contributed by atoms with Gasteiger partial charge in [0, 0.05) is 34.3 Å². The molecule has 7 nitrogen and oxygen atoms in total. The van der Waals surface area contributed by atoms with Gasteiger partial charge >= 0.3 is 0 Å². The number of anilines is 1. The van der Waals surface area contributed by atoms with E-state index in [2.05, 4.69) is 15.2 Å². The fourth-order valence-corrected chi connectivity index (χ4v) is 4.17. The van der Waals surface area contributed by atoms with Crippen molar-refractivity contribution in [1.29, 1.82) is 0 Å². The Balaban J connectivity index is 1.59. The number of nitrogens with zero attached hydrogens (tertiary/aromatic N) is 2. The van der Waals surface area contributed by atoms with Gasteiger partial charge in [-0.1, -0.05) is 17.7 Å². The second-order valence-electron chi connectivity index (χ2n) is 8.23. The van der Waals surface area contributed by atoms with Gasteiger partial charge in [-0.15, -0.1) is 0 Å². The molecule has 1 aliphatic rings. The zero-order chi connectivity index (χ0) is 23.4. The van der Waals surface area contributed by atoms with Crippen LogP contribution in [0.3, 0.4) is 0 Å². The number of hydrogen-bond acceptors (Lipinski definition) is 5. The number of ether oxygens (including phenoxy) is 2. The van der Waals surface area contributed by atoms with Crippen LogP contribution in [0.1, 0.15) is 12.0 Å². The summed E-state index contributed by atoms with van der Waals surface area (Å²) in [6, 6.07) is 13.0. The summed E-state index contributed by atoms with van der Waals surface area (Å²) >= 11 is 11.8. The molecule has 0 fully saturated rings. The second-order valence-corrected chi connectivity index (χ2v) is 9.05. The van der Waals surface area contributed by atoms with Gasteiger partial charge in [0.1, 0.15) is 13.2 Å². The maximum absolute atomic E-state index is 12.9. The topological polar surface area (TPSA) is 69.8 Å². The van der Waals surface area contributed by atoms with Crippen molar-refractivity contribution in [2.24, 2.45) is 0 Å². The van der Waals surface area contributed by atoms with E-state index >= 15 is 0 Å². The number of aromatic nitrogens is 1. The minimum Gasteiger partial charge on any atom is -0.486 e. The van der Waals surface area contributed by atoms with Crippen LogP contribution in [0.15, 0.2) is 47.3 Å². The third-order valence-electron chi connectivity index (χ3n) is 5.34. The quantitative estimate of drug-likeness (QED) is 0.487. The maximum atomic E-state index is 12.9. The van der Waals surface area contributed by atoms with E-state index < -0.39 is 0 Å². The smallest absolute Gasteiger partial charge is 0.253 e. The van der Waals surface area contributed by atoms with Crippen LogP contribution in [0.2, 0.25) is 5.02 Å². The van der Waals surface area contributed by atoms with Gasteiger partial charge in [0.15, 0.2) is 16.6 Å². The van der Waals surface area contributed by atoms with Crippen molar-refractivity contribution >= 4 is 45.5 Å². The molecule has 0 amide bonds. The van der Waals surface area contributed by atoms with E-state index in [1.807, 2.05) is 61.5 Å². The number of thiocarbonyl (C=S) groups is 1. The first-order valence-corrected chi connectivity index (χ1v) is 11.6. The summed E-state index contributed by atoms with van der Waals surface area (Å²) in [6.45, 7) is 2.99. The fourth-order valence-electron chi connectivity index (χ4n) is 3.71. The van der Waals surface area contributed by atoms with Crippen LogP contribution >= 0.6 is 23.8 Å². The minimum atomic E-state index is -0.151. The molecule has 33 heavy (non-hydrogen) atoms. The van der Waals surface area contributed by atoms with Crippen LogP contribution in [0, 0.1) is 0 Å². The lowest BCUT2D eigenvalue weighted by Gasteiger charge is -2.26. The minimum absolute atomic E-state index is 0.151. The van der Waals surface area contributed by atoms with Crippen LogP contribution in [-0.4, -0.2) is 60.3 Å². The van der Waals surface area contributed by atoms with Gasteiger partial charge in [0.05, 0.1) is 12.1 Å². The Hall–Kier alpha value is -2.81. The number of benzene rings is 2. The molecule has 0 radical (unpaired) electrons. The standard InChI is InChI=1S/C24H27ClN4O3S/c1-28(2)7-4-8-29(24(33)26-19-6-3-5-18(25)13-19)15-17-11-16-12-21-22(32-10-9-31-21)14-20(16)27-23(17)30/h3,5-6,11-14H,4,7-10,15H2,1-2H3,(H,26,33)(H,27,30). The Morgan fingerprint density at radius 3 is 2.61 bits per heavy atom. The number of hydrogen-bond donors (Lipinski definition) is 2. The first-order valence-electron chi connectivity index (χ1n) is 10.8. The third-order valence-corrected chi connectivity index (χ3v) is 5.94. The molecule has 9 heteroatoms. The first-order chi connectivity index (χ1) is 15.9. The average molecular weight is 487 g/mol. The average Bonchev–Trinajstić information content (AvgIpc) is 2.77. The molecule has 174 valence electrons. The van der Waals surface area contributed by atoms with Gasteiger partial charge in [-0.25, -0.2) is 0 Å². The predicted molar refractivity (Wildman–Crippen MR) is 137 cm³/mol. The molecule has 0 unspecified atom stereocenters. The molecule has 0 atom stereocenters. The van der Waals surface area contributed by atoms with Crippen LogP contribution in [0.25, 0.3) is 10.9 Å². The van der Waals surface area contributed by atoms with Crippen molar-refractivity contribution < 1.29 is 9.47 Å². The van der Waals surface area contributed by atoms with E-state index in [1.54, 1.807) is 0 Å². The van der Waals surface area contributed by atoms with Crippen LogP contribution < -0.4 is 20.3 Å². The molecule has 1 aliphatic heterocycles. The molecule has 0 saturated carbocycles. The molecular formula is C24H27ClN4O3S. The van der Waals surface area contributed by atoms with E-state index in [0.29, 0.717) is 59.0 Å². The summed E-state index contributed by atoms with van der Waals surface area (Å²) in [5.74, 6) is 1.34. The SMILES string of the molecule is CN(C)CCCN(Cc1cc2cc3c(cc2[nH]c1=O)OCCO3)C(=S)Nc1cccc(Cl)c1.